The summed E-state index contributed by atoms with van der Waals surface area (Å²) in [6.07, 6.45) is 0. The van der Waals surface area contributed by atoms with Gasteiger partial charge in [0.25, 0.3) is 0 Å². The van der Waals surface area contributed by atoms with E-state index in [2.05, 4.69) is 329 Å². The Morgan fingerprint density at radius 2 is 0.550 bits per heavy atom. The van der Waals surface area contributed by atoms with Crippen LogP contribution in [0.5, 0.6) is 11.5 Å². The van der Waals surface area contributed by atoms with Gasteiger partial charge >= 0.3 is 17.5 Å². The van der Waals surface area contributed by atoms with E-state index in [0.717, 1.165) is 149 Å². The Bertz CT molecular complexity index is 8410. The molecule has 23 rings (SSSR count). The van der Waals surface area contributed by atoms with Crippen LogP contribution in [-0.2, 0) is 5.41 Å². The predicted octanol–water partition coefficient (Wildman–Crippen LogP) is 29.8. The third kappa shape index (κ3) is 13.4. The zero-order valence-electron chi connectivity index (χ0n) is 70.0. The van der Waals surface area contributed by atoms with E-state index in [0.29, 0.717) is 33.1 Å². The normalized spacial score (nSPS) is 12.1. The highest BCUT2D eigenvalue weighted by Crippen LogP contribution is 2.54. The molecule has 0 atom stereocenters. The summed E-state index contributed by atoms with van der Waals surface area (Å²) >= 11 is 0. The van der Waals surface area contributed by atoms with Crippen LogP contribution in [0.1, 0.15) is 53.2 Å². The summed E-state index contributed by atoms with van der Waals surface area (Å²) in [7, 11) is 0. The van der Waals surface area contributed by atoms with E-state index in [1.54, 1.807) is 0 Å². The number of anilines is 9. The molecule has 3 aromatic heterocycles. The largest absolute Gasteiger partial charge is 0.453 e. The predicted molar refractivity (Wildman–Crippen MR) is 519 cm³/mol. The fourth-order valence-corrected chi connectivity index (χ4v) is 18.3. The van der Waals surface area contributed by atoms with Crippen molar-refractivity contribution in [2.24, 2.45) is 0 Å². The minimum absolute atomic E-state index is 0.0247. The molecule has 129 heavy (non-hydrogen) atoms. The van der Waals surface area contributed by atoms with Gasteiger partial charge < -0.3 is 34.0 Å². The molecule has 0 saturated carbocycles. The standard InChI is InChI=1S/C39H25N5.C38H25N5.C36H19N5O/c1-39(2)31-12-6-8-14-34(31)44(35-15-9-7-13-32(35)39)26-19-16-24(17-20-26)25-18-21-29-30(22-25)27-10-4-5-11-28(27)37-36(29)42-33(23-40)38(41-3)43-37;1-24-8-15-28(16-9-24)43(29-17-10-25(2)11-18-29)30-19-12-26(13-20-30)27-14-21-33-34(22-27)31-6-4-5-7-32(31)37-36(33)41-35(23-39)38(40-3)42-37;1-38-36-29(21-37)39-34-27-19-16-23(20-28(27)25-8-2-3-9-26(25)35(34)40-36)22-14-17-24(18-15-22)41-30-10-4-6-12-32(30)42-33-13-7-5-11-31(33)41/h4-22H,1-2H3;4-22H,1-2H3;2-20H. The van der Waals surface area contributed by atoms with Crippen molar-refractivity contribution in [1.29, 1.82) is 15.8 Å². The van der Waals surface area contributed by atoms with Crippen LogP contribution < -0.4 is 19.4 Å². The highest BCUT2D eigenvalue weighted by Gasteiger charge is 2.37. The lowest BCUT2D eigenvalue weighted by molar-refractivity contribution is 0.477. The maximum atomic E-state index is 9.64. The van der Waals surface area contributed by atoms with Crippen molar-refractivity contribution in [1.82, 2.24) is 29.9 Å². The molecule has 0 spiro atoms. The van der Waals surface area contributed by atoms with Gasteiger partial charge in [-0.05, 0) is 224 Å². The Labute approximate surface area is 742 Å². The van der Waals surface area contributed by atoms with E-state index in [-0.39, 0.29) is 40.0 Å². The first kappa shape index (κ1) is 78.0. The Morgan fingerprint density at radius 3 is 0.884 bits per heavy atom. The van der Waals surface area contributed by atoms with Gasteiger partial charge in [-0.15, -0.1) is 15.0 Å². The minimum atomic E-state index is -0.0996. The molecule has 0 unspecified atom stereocenters. The van der Waals surface area contributed by atoms with Crippen LogP contribution in [-0.4, -0.2) is 29.9 Å². The second-order valence-electron chi connectivity index (χ2n) is 32.4. The van der Waals surface area contributed by atoms with E-state index in [1.807, 2.05) is 121 Å². The number of hydrogen-bond donors (Lipinski definition) is 0. The van der Waals surface area contributed by atoms with Crippen molar-refractivity contribution < 1.29 is 4.74 Å². The fraction of sp³-hybridized carbons (Fsp3) is 0.0442. The molecule has 0 N–H and O–H groups in total. The van der Waals surface area contributed by atoms with E-state index in [1.165, 1.54) is 33.6 Å². The van der Waals surface area contributed by atoms with Crippen molar-refractivity contribution in [3.63, 3.8) is 0 Å². The monoisotopic (exact) mass is 1650 g/mol. The van der Waals surface area contributed by atoms with Gasteiger partial charge in [0, 0.05) is 66.2 Å². The Hall–Kier alpha value is -18.3. The Balaban J connectivity index is 0.000000117. The number of hydrogen-bond acceptors (Lipinski definition) is 13. The molecule has 2 aliphatic rings. The third-order valence-electron chi connectivity index (χ3n) is 24.5. The maximum absolute atomic E-state index is 9.64. The average Bonchev–Trinajstić information content (AvgIpc) is 0.822. The quantitative estimate of drug-likeness (QED) is 0.104. The zero-order valence-corrected chi connectivity index (χ0v) is 70.0. The van der Waals surface area contributed by atoms with Crippen LogP contribution in [0.4, 0.5) is 68.6 Å². The molecule has 0 radical (unpaired) electrons. The van der Waals surface area contributed by atoms with Crippen LogP contribution in [0.25, 0.3) is 146 Å². The minimum Gasteiger partial charge on any atom is -0.453 e. The maximum Gasteiger partial charge on any atom is 0.307 e. The first-order valence-corrected chi connectivity index (χ1v) is 42.0. The summed E-state index contributed by atoms with van der Waals surface area (Å²) in [6.45, 7) is 31.3. The van der Waals surface area contributed by atoms with E-state index in [9.17, 15) is 15.8 Å². The summed E-state index contributed by atoms with van der Waals surface area (Å²) in [6, 6.07) is 126. The number of ether oxygens (including phenoxy) is 1. The van der Waals surface area contributed by atoms with Crippen molar-refractivity contribution in [3.8, 4) is 63.1 Å². The van der Waals surface area contributed by atoms with Gasteiger partial charge in [0.15, 0.2) is 45.1 Å². The number of para-hydroxylation sites is 6. The third-order valence-corrected chi connectivity index (χ3v) is 24.5. The van der Waals surface area contributed by atoms with Gasteiger partial charge in [-0.1, -0.05) is 257 Å². The highest BCUT2D eigenvalue weighted by atomic mass is 16.5. The van der Waals surface area contributed by atoms with Gasteiger partial charge in [0.1, 0.15) is 34.8 Å². The molecular weight excluding hydrogens is 1580 g/mol. The molecule has 5 heterocycles. The second kappa shape index (κ2) is 31.8. The van der Waals surface area contributed by atoms with Gasteiger partial charge in [-0.3, -0.25) is 0 Å². The number of rotatable bonds is 8. The molecule has 16 heteroatoms. The molecule has 0 bridgehead atoms. The summed E-state index contributed by atoms with van der Waals surface area (Å²) < 4.78 is 6.17. The number of nitrogens with zero attached hydrogens (tertiary/aromatic N) is 15. The number of fused-ring (bicyclic) bond motifs is 22. The average molecular weight is 1650 g/mol. The lowest BCUT2D eigenvalue weighted by Gasteiger charge is -2.42. The van der Waals surface area contributed by atoms with Crippen LogP contribution in [0.3, 0.4) is 0 Å². The topological polar surface area (TPSA) is 181 Å². The molecule has 602 valence electrons. The first-order chi connectivity index (χ1) is 63.3. The Morgan fingerprint density at radius 1 is 0.287 bits per heavy atom. The van der Waals surface area contributed by atoms with Crippen molar-refractivity contribution >= 4 is 166 Å². The molecule has 2 aliphatic heterocycles. The van der Waals surface area contributed by atoms with Crippen molar-refractivity contribution in [3.05, 3.63) is 419 Å². The van der Waals surface area contributed by atoms with E-state index in [4.69, 9.17) is 24.5 Å². The van der Waals surface area contributed by atoms with Gasteiger partial charge in [-0.25, -0.2) is 15.0 Å². The summed E-state index contributed by atoms with van der Waals surface area (Å²) in [4.78, 5) is 44.7. The van der Waals surface area contributed by atoms with Crippen LogP contribution >= 0.6 is 0 Å². The number of aryl methyl sites for hydroxylation is 2. The van der Waals surface area contributed by atoms with E-state index < -0.39 is 0 Å². The molecule has 0 aliphatic carbocycles. The molecule has 0 fully saturated rings. The first-order valence-electron chi connectivity index (χ1n) is 42.0. The van der Waals surface area contributed by atoms with E-state index >= 15 is 0 Å². The lowest BCUT2D eigenvalue weighted by Crippen LogP contribution is -2.30. The molecule has 16 nitrogen and oxygen atoms in total. The van der Waals surface area contributed by atoms with Crippen LogP contribution in [0.15, 0.2) is 346 Å². The molecule has 0 amide bonds. The summed E-state index contributed by atoms with van der Waals surface area (Å²) in [5.74, 6) is 1.72. The second-order valence-corrected chi connectivity index (χ2v) is 32.4. The smallest absolute Gasteiger partial charge is 0.307 e. The van der Waals surface area contributed by atoms with Crippen LogP contribution in [0.2, 0.25) is 0 Å². The molecule has 18 aromatic carbocycles. The van der Waals surface area contributed by atoms with Gasteiger partial charge in [0.05, 0.1) is 22.7 Å². The number of nitriles is 3. The van der Waals surface area contributed by atoms with Crippen molar-refractivity contribution in [2.45, 2.75) is 33.1 Å². The lowest BCUT2D eigenvalue weighted by atomic mass is 9.73. The number of benzene rings is 18. The Kier molecular flexibility index (Phi) is 19.2. The summed E-state index contributed by atoms with van der Waals surface area (Å²) in [5.41, 5.74) is 25.2. The van der Waals surface area contributed by atoms with Gasteiger partial charge in [-0.2, -0.15) is 15.8 Å². The fourth-order valence-electron chi connectivity index (χ4n) is 18.3. The van der Waals surface area contributed by atoms with Crippen LogP contribution in [0, 0.1) is 67.6 Å². The highest BCUT2D eigenvalue weighted by molar-refractivity contribution is 6.26. The molecular formula is C113H69N15O. The number of aromatic nitrogens is 6. The molecule has 0 saturated heterocycles. The summed E-state index contributed by atoms with van der Waals surface area (Å²) in [5, 5.41) is 40.5. The molecule has 21 aromatic rings. The van der Waals surface area contributed by atoms with Crippen molar-refractivity contribution in [2.75, 3.05) is 14.7 Å². The zero-order chi connectivity index (χ0) is 87.7. The van der Waals surface area contributed by atoms with Gasteiger partial charge in [0.2, 0.25) is 0 Å². The SMILES string of the molecule is [C-]#[N+]c1nc2c3ccccc3c3cc(-c4ccc(N(c5ccc(C)cc5)c5ccc(C)cc5)cc4)ccc3c2nc1C#N.[C-]#[N+]c1nc2c3ccccc3c3cc(-c4ccc(N5c6ccccc6C(C)(C)c6ccccc65)cc4)ccc3c2nc1C#N.[C-]#[N+]c1nc2c3ccccc3c3cc(-c4ccc(N5c6ccccc6Oc6ccccc65)cc4)ccc3c2nc1C#N.